The summed E-state index contributed by atoms with van der Waals surface area (Å²) in [4.78, 5) is 62.5. The van der Waals surface area contributed by atoms with E-state index in [1.165, 1.54) is 0 Å². The Hall–Kier alpha value is -5.59. The van der Waals surface area contributed by atoms with Gasteiger partial charge in [0.05, 0.1) is 0 Å². The summed E-state index contributed by atoms with van der Waals surface area (Å²) in [6, 6.07) is 16.7. The molecule has 0 fully saturated rings. The summed E-state index contributed by atoms with van der Waals surface area (Å²) in [5.41, 5.74) is 17.2. The maximum atomic E-state index is 13.6. The van der Waals surface area contributed by atoms with Crippen molar-refractivity contribution in [1.29, 1.82) is 0 Å². The highest BCUT2D eigenvalue weighted by atomic mass is 16.6. The van der Waals surface area contributed by atoms with E-state index < -0.39 is 42.1 Å². The van der Waals surface area contributed by atoms with Gasteiger partial charge in [-0.15, -0.1) is 0 Å². The molecule has 3 aromatic rings. The van der Waals surface area contributed by atoms with Crippen molar-refractivity contribution < 1.29 is 33.4 Å². The van der Waals surface area contributed by atoms with Crippen molar-refractivity contribution in [3.05, 3.63) is 88.5 Å². The Bertz CT molecular complexity index is 1640. The minimum absolute atomic E-state index is 0.0238. The second-order valence-corrected chi connectivity index (χ2v) is 12.4. The van der Waals surface area contributed by atoms with Gasteiger partial charge in [-0.25, -0.2) is 14.4 Å². The number of fused-ring (bicyclic) bond motifs is 3. The molecule has 0 bridgehead atoms. The average Bonchev–Trinajstić information content (AvgIpc) is 3.37. The zero-order valence-corrected chi connectivity index (χ0v) is 28.1. The number of nitrogens with one attached hydrogen (secondary N) is 4. The molecule has 0 heterocycles. The quantitative estimate of drug-likeness (QED) is 0.137. The first-order valence-electron chi connectivity index (χ1n) is 16.1. The molecule has 6 amide bonds. The fraction of sp³-hybridized carbons (Fsp3) is 0.361. The highest BCUT2D eigenvalue weighted by molar-refractivity contribution is 5.99. The van der Waals surface area contributed by atoms with Crippen molar-refractivity contribution in [1.82, 2.24) is 16.0 Å². The zero-order chi connectivity index (χ0) is 35.7. The summed E-state index contributed by atoms with van der Waals surface area (Å²) < 4.78 is 10.6. The third-order valence-corrected chi connectivity index (χ3v) is 8.39. The van der Waals surface area contributed by atoms with E-state index in [2.05, 4.69) is 21.3 Å². The number of anilines is 1. The number of primary amides is 2. The summed E-state index contributed by atoms with van der Waals surface area (Å²) in [5, 5.41) is 10.8. The molecule has 49 heavy (non-hydrogen) atoms. The number of alkyl carbamates (subject to hydrolysis) is 1. The molecular weight excluding hydrogens is 628 g/mol. The van der Waals surface area contributed by atoms with Gasteiger partial charge in [-0.05, 0) is 71.6 Å². The maximum Gasteiger partial charge on any atom is 0.407 e. The van der Waals surface area contributed by atoms with Gasteiger partial charge < -0.3 is 42.2 Å². The van der Waals surface area contributed by atoms with Crippen molar-refractivity contribution in [3.63, 3.8) is 0 Å². The Morgan fingerprint density at radius 2 is 1.41 bits per heavy atom. The van der Waals surface area contributed by atoms with Crippen molar-refractivity contribution >= 4 is 35.7 Å². The lowest BCUT2D eigenvalue weighted by Crippen LogP contribution is -2.54. The molecule has 8 N–H and O–H groups in total. The number of amides is 6. The highest BCUT2D eigenvalue weighted by Crippen LogP contribution is 2.44. The number of urea groups is 1. The van der Waals surface area contributed by atoms with Crippen molar-refractivity contribution in [2.75, 3.05) is 18.5 Å². The predicted octanol–water partition coefficient (Wildman–Crippen LogP) is 4.33. The second kappa shape index (κ2) is 16.5. The number of carbonyl (C=O) groups is 5. The summed E-state index contributed by atoms with van der Waals surface area (Å²) >= 11 is 0. The van der Waals surface area contributed by atoms with Crippen LogP contribution < -0.4 is 32.7 Å². The Morgan fingerprint density at radius 3 is 1.96 bits per heavy atom. The van der Waals surface area contributed by atoms with Crippen LogP contribution >= 0.6 is 0 Å². The van der Waals surface area contributed by atoms with Crippen LogP contribution in [-0.4, -0.2) is 55.3 Å². The van der Waals surface area contributed by atoms with Crippen LogP contribution in [0, 0.1) is 19.8 Å². The molecule has 13 heteroatoms. The lowest BCUT2D eigenvalue weighted by molar-refractivity contribution is -0.128. The molecule has 3 aromatic carbocycles. The van der Waals surface area contributed by atoms with E-state index in [0.717, 1.165) is 22.3 Å². The zero-order valence-electron chi connectivity index (χ0n) is 28.1. The Morgan fingerprint density at radius 1 is 0.816 bits per heavy atom. The van der Waals surface area contributed by atoms with Crippen LogP contribution in [0.15, 0.2) is 60.7 Å². The molecule has 0 radical (unpaired) electrons. The number of ether oxygens (including phenoxy) is 2. The molecule has 2 atom stereocenters. The molecule has 0 aromatic heterocycles. The largest absolute Gasteiger partial charge is 0.449 e. The van der Waals surface area contributed by atoms with Crippen LogP contribution in [0.25, 0.3) is 11.1 Å². The number of benzene rings is 3. The summed E-state index contributed by atoms with van der Waals surface area (Å²) in [6.07, 6.45) is -1.16. The first-order valence-corrected chi connectivity index (χ1v) is 16.1. The van der Waals surface area contributed by atoms with Crippen LogP contribution in [0.5, 0.6) is 0 Å². The number of carbonyl (C=O) groups excluding carboxylic acids is 5. The van der Waals surface area contributed by atoms with Gasteiger partial charge >= 0.3 is 18.2 Å². The van der Waals surface area contributed by atoms with E-state index in [1.54, 1.807) is 39.8 Å². The first-order chi connectivity index (χ1) is 23.3. The molecular formula is C36H44N6O7. The van der Waals surface area contributed by atoms with Crippen molar-refractivity contribution in [2.45, 2.75) is 65.1 Å². The van der Waals surface area contributed by atoms with Crippen molar-refractivity contribution in [3.8, 4) is 11.1 Å². The minimum atomic E-state index is -1.02. The summed E-state index contributed by atoms with van der Waals surface area (Å²) in [5.74, 6) is -1.56. The fourth-order valence-electron chi connectivity index (χ4n) is 6.05. The second-order valence-electron chi connectivity index (χ2n) is 12.4. The third kappa shape index (κ3) is 9.49. The molecule has 4 rings (SSSR count). The van der Waals surface area contributed by atoms with Crippen LogP contribution in [0.2, 0.25) is 0 Å². The first kappa shape index (κ1) is 36.2. The monoisotopic (exact) mass is 672 g/mol. The summed E-state index contributed by atoms with van der Waals surface area (Å²) in [7, 11) is 0. The van der Waals surface area contributed by atoms with Gasteiger partial charge in [0.1, 0.15) is 25.3 Å². The molecule has 260 valence electrons. The van der Waals surface area contributed by atoms with Crippen LogP contribution in [0.1, 0.15) is 60.4 Å². The Kier molecular flexibility index (Phi) is 12.2. The smallest absolute Gasteiger partial charge is 0.407 e. The van der Waals surface area contributed by atoms with Crippen LogP contribution in [0.4, 0.5) is 20.1 Å². The van der Waals surface area contributed by atoms with E-state index in [4.69, 9.17) is 20.9 Å². The van der Waals surface area contributed by atoms with Crippen LogP contribution in [-0.2, 0) is 25.7 Å². The third-order valence-electron chi connectivity index (χ3n) is 8.39. The summed E-state index contributed by atoms with van der Waals surface area (Å²) in [6.45, 7) is 7.36. The Labute approximate surface area is 285 Å². The van der Waals surface area contributed by atoms with E-state index in [-0.39, 0.29) is 38.0 Å². The number of nitrogens with two attached hydrogens (primary N) is 2. The van der Waals surface area contributed by atoms with Gasteiger partial charge in [0, 0.05) is 18.2 Å². The van der Waals surface area contributed by atoms with E-state index in [0.29, 0.717) is 28.8 Å². The van der Waals surface area contributed by atoms with Gasteiger partial charge in [0.2, 0.25) is 11.8 Å². The Balaban J connectivity index is 1.43. The van der Waals surface area contributed by atoms with E-state index in [9.17, 15) is 24.0 Å². The number of hydrogen-bond acceptors (Lipinski definition) is 7. The fourth-order valence-corrected chi connectivity index (χ4v) is 6.05. The van der Waals surface area contributed by atoms with Crippen molar-refractivity contribution in [2.24, 2.45) is 17.4 Å². The molecule has 0 saturated carbocycles. The van der Waals surface area contributed by atoms with Gasteiger partial charge in [-0.1, -0.05) is 74.5 Å². The normalized spacial score (nSPS) is 13.0. The lowest BCUT2D eigenvalue weighted by Gasteiger charge is -2.26. The van der Waals surface area contributed by atoms with Gasteiger partial charge in [-0.3, -0.25) is 9.59 Å². The SMILES string of the molecule is Cc1cc(COC(N)=O)cc(C)c1NC(=O)[C@H](CCCNC(N)=O)NC(=O)[C@@H](NC(=O)OCC1c2ccccc2-c2ccccc21)C(C)C. The van der Waals surface area contributed by atoms with E-state index >= 15 is 0 Å². The minimum Gasteiger partial charge on any atom is -0.449 e. The molecule has 1 aliphatic carbocycles. The lowest BCUT2D eigenvalue weighted by atomic mass is 9.98. The topological polar surface area (TPSA) is 204 Å². The number of rotatable bonds is 14. The van der Waals surface area contributed by atoms with Gasteiger partial charge in [-0.2, -0.15) is 0 Å². The molecule has 0 aliphatic heterocycles. The molecule has 0 saturated heterocycles. The molecule has 13 nitrogen and oxygen atoms in total. The molecule has 1 aliphatic rings. The number of hydrogen-bond donors (Lipinski definition) is 6. The van der Waals surface area contributed by atoms with Gasteiger partial charge in [0.15, 0.2) is 0 Å². The van der Waals surface area contributed by atoms with Gasteiger partial charge in [0.25, 0.3) is 0 Å². The number of aryl methyl sites for hydroxylation is 2. The maximum absolute atomic E-state index is 13.6. The van der Waals surface area contributed by atoms with Crippen LogP contribution in [0.3, 0.4) is 0 Å². The average molecular weight is 673 g/mol. The highest BCUT2D eigenvalue weighted by Gasteiger charge is 2.32. The standard InChI is InChI=1S/C36H44N6O7/c1-20(2)30(42-36(47)49-19-28-26-12-7-5-10-24(26)25-11-6-8-13-27(25)28)33(44)40-29(14-9-15-39-34(37)45)32(43)41-31-21(3)16-23(17-22(31)4)18-48-35(38)46/h5-8,10-13,16-17,20,28-30H,9,14-15,18-19H2,1-4H3,(H2,38,46)(H,40,44)(H,41,43)(H,42,47)(H3,37,39,45)/t29-,30-/m0/s1. The predicted molar refractivity (Wildman–Crippen MR) is 184 cm³/mol. The van der Waals surface area contributed by atoms with E-state index in [1.807, 2.05) is 48.5 Å². The molecule has 0 spiro atoms. The molecule has 0 unspecified atom stereocenters.